The lowest BCUT2D eigenvalue weighted by Crippen LogP contribution is -2.40. The average molecular weight is 283 g/mol. The molecule has 1 fully saturated rings. The number of aliphatic hydroxyl groups excluding tert-OH is 1. The second-order valence-electron chi connectivity index (χ2n) is 5.07. The number of rotatable bonds is 2. The summed E-state index contributed by atoms with van der Waals surface area (Å²) in [4.78, 5) is 11.8. The first-order valence-electron chi connectivity index (χ1n) is 6.56. The predicted molar refractivity (Wildman–Crippen MR) is 76.6 cm³/mol. The van der Waals surface area contributed by atoms with Crippen molar-refractivity contribution >= 4 is 23.3 Å². The Morgan fingerprint density at radius 3 is 2.63 bits per heavy atom. The molecule has 5 heteroatoms. The van der Waals surface area contributed by atoms with Crippen LogP contribution in [0.1, 0.15) is 31.2 Å². The fourth-order valence-corrected chi connectivity index (χ4v) is 2.42. The Hall–Kier alpha value is -1.26. The van der Waals surface area contributed by atoms with Gasteiger partial charge in [-0.05, 0) is 50.3 Å². The van der Waals surface area contributed by atoms with Crippen molar-refractivity contribution in [3.05, 3.63) is 28.8 Å². The Morgan fingerprint density at radius 2 is 2.00 bits per heavy atom. The lowest BCUT2D eigenvalue weighted by atomic mass is 9.93. The number of urea groups is 1. The van der Waals surface area contributed by atoms with Crippen LogP contribution in [0.15, 0.2) is 18.2 Å². The van der Waals surface area contributed by atoms with E-state index in [9.17, 15) is 9.90 Å². The fourth-order valence-electron chi connectivity index (χ4n) is 2.24. The molecule has 0 saturated heterocycles. The zero-order valence-corrected chi connectivity index (χ0v) is 11.7. The van der Waals surface area contributed by atoms with E-state index in [-0.39, 0.29) is 18.2 Å². The summed E-state index contributed by atoms with van der Waals surface area (Å²) in [5.41, 5.74) is 1.66. The number of aryl methyl sites for hydroxylation is 1. The van der Waals surface area contributed by atoms with Crippen molar-refractivity contribution in [2.24, 2.45) is 0 Å². The highest BCUT2D eigenvalue weighted by Gasteiger charge is 2.20. The molecule has 0 unspecified atom stereocenters. The van der Waals surface area contributed by atoms with E-state index in [2.05, 4.69) is 10.6 Å². The summed E-state index contributed by atoms with van der Waals surface area (Å²) < 4.78 is 0. The van der Waals surface area contributed by atoms with E-state index in [0.29, 0.717) is 10.7 Å². The van der Waals surface area contributed by atoms with Crippen LogP contribution >= 0.6 is 11.6 Å². The van der Waals surface area contributed by atoms with Crippen molar-refractivity contribution in [1.82, 2.24) is 5.32 Å². The molecule has 19 heavy (non-hydrogen) atoms. The Balaban J connectivity index is 1.85. The van der Waals surface area contributed by atoms with Crippen molar-refractivity contribution in [2.75, 3.05) is 5.32 Å². The van der Waals surface area contributed by atoms with Crippen molar-refractivity contribution in [3.63, 3.8) is 0 Å². The SMILES string of the molecule is Cc1ccc(NC(=O)NC2CCC(O)CC2)cc1Cl. The highest BCUT2D eigenvalue weighted by Crippen LogP contribution is 2.21. The molecular weight excluding hydrogens is 264 g/mol. The molecule has 0 aliphatic heterocycles. The molecule has 1 aromatic rings. The van der Waals surface area contributed by atoms with Crippen molar-refractivity contribution < 1.29 is 9.90 Å². The average Bonchev–Trinajstić information content (AvgIpc) is 2.37. The number of hydrogen-bond acceptors (Lipinski definition) is 2. The van der Waals surface area contributed by atoms with E-state index < -0.39 is 0 Å². The normalized spacial score (nSPS) is 22.9. The van der Waals surface area contributed by atoms with E-state index in [1.165, 1.54) is 0 Å². The van der Waals surface area contributed by atoms with Crippen LogP contribution in [0.2, 0.25) is 5.02 Å². The number of carbonyl (C=O) groups is 1. The van der Waals surface area contributed by atoms with Crippen LogP contribution in [0.4, 0.5) is 10.5 Å². The van der Waals surface area contributed by atoms with Crippen LogP contribution in [-0.4, -0.2) is 23.3 Å². The molecule has 2 rings (SSSR count). The molecule has 1 aliphatic carbocycles. The number of nitrogens with one attached hydrogen (secondary N) is 2. The highest BCUT2D eigenvalue weighted by atomic mass is 35.5. The first-order chi connectivity index (χ1) is 9.04. The Labute approximate surface area is 118 Å². The molecule has 0 radical (unpaired) electrons. The number of anilines is 1. The van der Waals surface area contributed by atoms with Crippen LogP contribution < -0.4 is 10.6 Å². The summed E-state index contributed by atoms with van der Waals surface area (Å²) in [5, 5.41) is 15.7. The lowest BCUT2D eigenvalue weighted by molar-refractivity contribution is 0.118. The van der Waals surface area contributed by atoms with Gasteiger partial charge in [0.1, 0.15) is 0 Å². The van der Waals surface area contributed by atoms with E-state index >= 15 is 0 Å². The molecule has 0 aromatic heterocycles. The van der Waals surface area contributed by atoms with Gasteiger partial charge >= 0.3 is 6.03 Å². The van der Waals surface area contributed by atoms with Gasteiger partial charge in [0, 0.05) is 16.8 Å². The standard InChI is InChI=1S/C14H19ClN2O2/c1-9-2-3-11(8-13(9)15)17-14(19)16-10-4-6-12(18)7-5-10/h2-3,8,10,12,18H,4-7H2,1H3,(H2,16,17,19). The van der Waals surface area contributed by atoms with Crippen LogP contribution in [0, 0.1) is 6.92 Å². The number of amides is 2. The Morgan fingerprint density at radius 1 is 1.32 bits per heavy atom. The molecular formula is C14H19ClN2O2. The first-order valence-corrected chi connectivity index (χ1v) is 6.94. The fraction of sp³-hybridized carbons (Fsp3) is 0.500. The summed E-state index contributed by atoms with van der Waals surface area (Å²) >= 11 is 6.01. The zero-order chi connectivity index (χ0) is 13.8. The molecule has 1 aromatic carbocycles. The maximum absolute atomic E-state index is 11.8. The van der Waals surface area contributed by atoms with Crippen LogP contribution in [0.3, 0.4) is 0 Å². The van der Waals surface area contributed by atoms with Gasteiger partial charge in [0.25, 0.3) is 0 Å². The minimum Gasteiger partial charge on any atom is -0.393 e. The molecule has 4 nitrogen and oxygen atoms in total. The van der Waals surface area contributed by atoms with Gasteiger partial charge in [-0.25, -0.2) is 4.79 Å². The number of hydrogen-bond donors (Lipinski definition) is 3. The number of carbonyl (C=O) groups excluding carboxylic acids is 1. The summed E-state index contributed by atoms with van der Waals surface area (Å²) in [7, 11) is 0. The molecule has 104 valence electrons. The van der Waals surface area contributed by atoms with Crippen molar-refractivity contribution in [2.45, 2.75) is 44.8 Å². The Bertz CT molecular complexity index is 457. The molecule has 1 saturated carbocycles. The molecule has 3 N–H and O–H groups in total. The van der Waals surface area contributed by atoms with E-state index in [1.54, 1.807) is 6.07 Å². The minimum absolute atomic E-state index is 0.143. The quantitative estimate of drug-likeness (QED) is 0.781. The second-order valence-corrected chi connectivity index (χ2v) is 5.48. The second kappa shape index (κ2) is 6.26. The van der Waals surface area contributed by atoms with Gasteiger partial charge in [-0.3, -0.25) is 0 Å². The third kappa shape index (κ3) is 4.11. The summed E-state index contributed by atoms with van der Waals surface area (Å²) in [5.74, 6) is 0. The molecule has 0 spiro atoms. The predicted octanol–water partition coefficient (Wildman–Crippen LogP) is 3.07. The topological polar surface area (TPSA) is 61.4 Å². The summed E-state index contributed by atoms with van der Waals surface area (Å²) in [6, 6.07) is 5.35. The van der Waals surface area contributed by atoms with E-state index in [0.717, 1.165) is 31.2 Å². The van der Waals surface area contributed by atoms with Gasteiger partial charge in [-0.1, -0.05) is 17.7 Å². The summed E-state index contributed by atoms with van der Waals surface area (Å²) in [6.45, 7) is 1.92. The molecule has 0 heterocycles. The maximum atomic E-state index is 11.8. The van der Waals surface area contributed by atoms with Crippen molar-refractivity contribution in [1.29, 1.82) is 0 Å². The maximum Gasteiger partial charge on any atom is 0.319 e. The largest absolute Gasteiger partial charge is 0.393 e. The highest BCUT2D eigenvalue weighted by molar-refractivity contribution is 6.31. The Kier molecular flexibility index (Phi) is 4.66. The third-order valence-corrected chi connectivity index (χ3v) is 3.87. The molecule has 1 aliphatic rings. The van der Waals surface area contributed by atoms with Gasteiger partial charge in [-0.2, -0.15) is 0 Å². The molecule has 0 atom stereocenters. The van der Waals surface area contributed by atoms with E-state index in [4.69, 9.17) is 11.6 Å². The van der Waals surface area contributed by atoms with Gasteiger partial charge in [0.2, 0.25) is 0 Å². The summed E-state index contributed by atoms with van der Waals surface area (Å²) in [6.07, 6.45) is 2.94. The van der Waals surface area contributed by atoms with Crippen LogP contribution in [0.5, 0.6) is 0 Å². The molecule has 2 amide bonds. The van der Waals surface area contributed by atoms with Crippen LogP contribution in [-0.2, 0) is 0 Å². The van der Waals surface area contributed by atoms with Gasteiger partial charge < -0.3 is 15.7 Å². The smallest absolute Gasteiger partial charge is 0.319 e. The van der Waals surface area contributed by atoms with E-state index in [1.807, 2.05) is 19.1 Å². The van der Waals surface area contributed by atoms with Crippen LogP contribution in [0.25, 0.3) is 0 Å². The van der Waals surface area contributed by atoms with Gasteiger partial charge in [0.15, 0.2) is 0 Å². The number of benzene rings is 1. The number of aliphatic hydroxyl groups is 1. The number of halogens is 1. The van der Waals surface area contributed by atoms with Gasteiger partial charge in [-0.15, -0.1) is 0 Å². The minimum atomic E-state index is -0.221. The van der Waals surface area contributed by atoms with Crippen molar-refractivity contribution in [3.8, 4) is 0 Å². The third-order valence-electron chi connectivity index (χ3n) is 3.46. The zero-order valence-electron chi connectivity index (χ0n) is 10.9. The lowest BCUT2D eigenvalue weighted by Gasteiger charge is -2.26. The molecule has 0 bridgehead atoms. The first kappa shape index (κ1) is 14.2. The van der Waals surface area contributed by atoms with Gasteiger partial charge in [0.05, 0.1) is 6.10 Å². The monoisotopic (exact) mass is 282 g/mol.